The Morgan fingerprint density at radius 2 is 2.21 bits per heavy atom. The highest BCUT2D eigenvalue weighted by atomic mass is 16.5. The smallest absolute Gasteiger partial charge is 0.233 e. The fourth-order valence-electron chi connectivity index (χ4n) is 3.76. The molecule has 9 nitrogen and oxygen atoms in total. The number of H-pyrrole nitrogens is 2. The molecule has 3 heterocycles. The number of amides is 1. The van der Waals surface area contributed by atoms with Crippen LogP contribution in [0.1, 0.15) is 67.8 Å². The topological polar surface area (TPSA) is 122 Å². The zero-order valence-corrected chi connectivity index (χ0v) is 16.9. The molecule has 2 atom stereocenters. The summed E-state index contributed by atoms with van der Waals surface area (Å²) in [5.41, 5.74) is 2.80. The first kappa shape index (κ1) is 19.2. The maximum atomic E-state index is 12.2. The summed E-state index contributed by atoms with van der Waals surface area (Å²) < 4.78 is 11.3. The van der Waals surface area contributed by atoms with Crippen molar-refractivity contribution in [2.45, 2.75) is 64.4 Å². The van der Waals surface area contributed by atoms with Crippen LogP contribution >= 0.6 is 0 Å². The molecule has 1 saturated carbocycles. The fraction of sp³-hybridized carbons (Fsp3) is 0.500. The summed E-state index contributed by atoms with van der Waals surface area (Å²) in [7, 11) is 0. The van der Waals surface area contributed by atoms with Gasteiger partial charge in [-0.25, -0.2) is 0 Å². The van der Waals surface area contributed by atoms with Crippen LogP contribution in [0, 0.1) is 6.92 Å². The number of nitrogens with one attached hydrogen (secondary N) is 3. The summed E-state index contributed by atoms with van der Waals surface area (Å²) in [5.74, 6) is 2.36. The lowest BCUT2D eigenvalue weighted by Crippen LogP contribution is -2.14. The van der Waals surface area contributed by atoms with E-state index in [1.807, 2.05) is 13.0 Å². The number of hydrogen-bond donors (Lipinski definition) is 3. The number of ether oxygens (including phenoxy) is 1. The number of nitrogens with zero attached hydrogens (tertiary/aromatic N) is 3. The Hall–Kier alpha value is -3.10. The molecule has 0 spiro atoms. The van der Waals surface area contributed by atoms with Gasteiger partial charge in [-0.1, -0.05) is 19.0 Å². The van der Waals surface area contributed by atoms with Gasteiger partial charge in [-0.15, -0.1) is 0 Å². The minimum absolute atomic E-state index is 0.130. The van der Waals surface area contributed by atoms with Crippen LogP contribution in [0.15, 0.2) is 22.9 Å². The van der Waals surface area contributed by atoms with Crippen molar-refractivity contribution >= 4 is 11.7 Å². The molecule has 29 heavy (non-hydrogen) atoms. The average molecular weight is 398 g/mol. The summed E-state index contributed by atoms with van der Waals surface area (Å²) in [5, 5.41) is 21.0. The molecule has 0 aromatic carbocycles. The summed E-state index contributed by atoms with van der Waals surface area (Å²) >= 11 is 0. The third-order valence-electron chi connectivity index (χ3n) is 5.20. The van der Waals surface area contributed by atoms with Gasteiger partial charge in [0, 0.05) is 23.7 Å². The SMILES string of the molecule is Cc1cc(CC(=O)Nc2cc(C3CCC(Oc4cn[nH]c4C(C)C)C3)[nH]n2)on1. The van der Waals surface area contributed by atoms with Gasteiger partial charge in [-0.2, -0.15) is 10.2 Å². The molecule has 0 radical (unpaired) electrons. The van der Waals surface area contributed by atoms with E-state index >= 15 is 0 Å². The highest BCUT2D eigenvalue weighted by Gasteiger charge is 2.29. The molecule has 9 heteroatoms. The van der Waals surface area contributed by atoms with Gasteiger partial charge < -0.3 is 14.6 Å². The van der Waals surface area contributed by atoms with Gasteiger partial charge in [0.1, 0.15) is 5.76 Å². The zero-order chi connectivity index (χ0) is 20.4. The third-order valence-corrected chi connectivity index (χ3v) is 5.20. The first-order valence-electron chi connectivity index (χ1n) is 9.95. The molecule has 3 aromatic heterocycles. The van der Waals surface area contributed by atoms with E-state index in [4.69, 9.17) is 9.26 Å². The number of aryl methyl sites for hydroxylation is 1. The Balaban J connectivity index is 1.31. The molecule has 2 unspecified atom stereocenters. The van der Waals surface area contributed by atoms with Gasteiger partial charge >= 0.3 is 0 Å². The lowest BCUT2D eigenvalue weighted by atomic mass is 10.0. The zero-order valence-electron chi connectivity index (χ0n) is 16.9. The number of hydrogen-bond acceptors (Lipinski definition) is 6. The Labute approximate surface area is 168 Å². The molecule has 0 bridgehead atoms. The van der Waals surface area contributed by atoms with E-state index in [-0.39, 0.29) is 18.4 Å². The number of aromatic amines is 2. The molecule has 3 aromatic rings. The molecule has 3 N–H and O–H groups in total. The number of aromatic nitrogens is 5. The highest BCUT2D eigenvalue weighted by molar-refractivity contribution is 5.91. The predicted octanol–water partition coefficient (Wildman–Crippen LogP) is 3.45. The van der Waals surface area contributed by atoms with Crippen molar-refractivity contribution in [1.82, 2.24) is 25.6 Å². The molecule has 4 rings (SSSR count). The molecule has 1 amide bonds. The van der Waals surface area contributed by atoms with E-state index in [0.29, 0.717) is 23.4 Å². The second-order valence-electron chi connectivity index (χ2n) is 7.92. The molecule has 0 aliphatic heterocycles. The van der Waals surface area contributed by atoms with Crippen molar-refractivity contribution in [2.24, 2.45) is 0 Å². The molecular formula is C20H26N6O3. The predicted molar refractivity (Wildman–Crippen MR) is 106 cm³/mol. The maximum Gasteiger partial charge on any atom is 0.233 e. The number of carbonyl (C=O) groups excluding carboxylic acids is 1. The van der Waals surface area contributed by atoms with Crippen molar-refractivity contribution in [1.29, 1.82) is 0 Å². The van der Waals surface area contributed by atoms with Crippen LogP contribution in [0.25, 0.3) is 0 Å². The van der Waals surface area contributed by atoms with E-state index in [2.05, 4.69) is 44.7 Å². The van der Waals surface area contributed by atoms with Gasteiger partial charge in [0.2, 0.25) is 5.91 Å². The van der Waals surface area contributed by atoms with E-state index in [1.54, 1.807) is 12.3 Å². The van der Waals surface area contributed by atoms with Crippen molar-refractivity contribution in [3.63, 3.8) is 0 Å². The van der Waals surface area contributed by atoms with Crippen molar-refractivity contribution in [3.05, 3.63) is 41.2 Å². The summed E-state index contributed by atoms with van der Waals surface area (Å²) in [6.07, 6.45) is 4.90. The molecule has 1 fully saturated rings. The van der Waals surface area contributed by atoms with E-state index in [0.717, 1.165) is 42.1 Å². The second kappa shape index (κ2) is 8.10. The highest BCUT2D eigenvalue weighted by Crippen LogP contribution is 2.37. The molecule has 154 valence electrons. The molecule has 1 aliphatic carbocycles. The Bertz CT molecular complexity index is 972. The Morgan fingerprint density at radius 1 is 1.34 bits per heavy atom. The first-order valence-corrected chi connectivity index (χ1v) is 9.95. The average Bonchev–Trinajstić information content (AvgIpc) is 3.43. The third kappa shape index (κ3) is 4.49. The minimum atomic E-state index is -0.187. The summed E-state index contributed by atoms with van der Waals surface area (Å²) in [6.45, 7) is 6.04. The lowest BCUT2D eigenvalue weighted by molar-refractivity contribution is -0.115. The number of anilines is 1. The monoisotopic (exact) mass is 398 g/mol. The van der Waals surface area contributed by atoms with E-state index < -0.39 is 0 Å². The van der Waals surface area contributed by atoms with Gasteiger partial charge in [-0.3, -0.25) is 15.0 Å². The van der Waals surface area contributed by atoms with Crippen molar-refractivity contribution in [2.75, 3.05) is 5.32 Å². The second-order valence-corrected chi connectivity index (χ2v) is 7.92. The lowest BCUT2D eigenvalue weighted by Gasteiger charge is -2.14. The number of rotatable bonds is 7. The van der Waals surface area contributed by atoms with Crippen LogP contribution in [0.3, 0.4) is 0 Å². The fourth-order valence-corrected chi connectivity index (χ4v) is 3.76. The Morgan fingerprint density at radius 3 is 2.97 bits per heavy atom. The largest absolute Gasteiger partial charge is 0.487 e. The maximum absolute atomic E-state index is 12.2. The molecular weight excluding hydrogens is 372 g/mol. The van der Waals surface area contributed by atoms with Gasteiger partial charge in [0.15, 0.2) is 11.6 Å². The van der Waals surface area contributed by atoms with E-state index in [1.165, 1.54) is 0 Å². The van der Waals surface area contributed by atoms with Crippen LogP contribution in [-0.4, -0.2) is 37.6 Å². The van der Waals surface area contributed by atoms with Crippen molar-refractivity contribution in [3.8, 4) is 5.75 Å². The van der Waals surface area contributed by atoms with Crippen LogP contribution in [-0.2, 0) is 11.2 Å². The molecule has 0 saturated heterocycles. The summed E-state index contributed by atoms with van der Waals surface area (Å²) in [6, 6.07) is 3.65. The number of carbonyl (C=O) groups is 1. The minimum Gasteiger partial charge on any atom is -0.487 e. The normalized spacial score (nSPS) is 19.0. The summed E-state index contributed by atoms with van der Waals surface area (Å²) in [4.78, 5) is 12.2. The van der Waals surface area contributed by atoms with Crippen LogP contribution < -0.4 is 10.1 Å². The van der Waals surface area contributed by atoms with Gasteiger partial charge in [-0.05, 0) is 32.1 Å². The molecule has 1 aliphatic rings. The van der Waals surface area contributed by atoms with Crippen LogP contribution in [0.2, 0.25) is 0 Å². The van der Waals surface area contributed by atoms with Crippen LogP contribution in [0.5, 0.6) is 5.75 Å². The standard InChI is InChI=1S/C20H26N6O3/c1-11(2)20-17(10-21-25-20)28-14-5-4-13(7-14)16-9-18(24-23-16)22-19(27)8-15-6-12(3)26-29-15/h6,9-11,13-14H,4-5,7-8H2,1-3H3,(H,21,25)(H2,22,23,24,27). The van der Waals surface area contributed by atoms with Gasteiger partial charge in [0.25, 0.3) is 0 Å². The Kier molecular flexibility index (Phi) is 5.37. The van der Waals surface area contributed by atoms with Crippen LogP contribution in [0.4, 0.5) is 5.82 Å². The first-order chi connectivity index (χ1) is 14.0. The van der Waals surface area contributed by atoms with Crippen molar-refractivity contribution < 1.29 is 14.1 Å². The van der Waals surface area contributed by atoms with Gasteiger partial charge in [0.05, 0.1) is 30.1 Å². The quantitative estimate of drug-likeness (QED) is 0.560. The van der Waals surface area contributed by atoms with E-state index in [9.17, 15) is 4.79 Å².